The van der Waals surface area contributed by atoms with Crippen LogP contribution < -0.4 is 5.32 Å². The van der Waals surface area contributed by atoms with Crippen LogP contribution in [-0.2, 0) is 9.53 Å². The highest BCUT2D eigenvalue weighted by Gasteiger charge is 2.15. The minimum atomic E-state index is -0.719. The SMILES string of the molecule is C/C(=C/C(=O)NCC(O)CN1CCOCC1)c1ccc(F)cc1F. The first-order chi connectivity index (χ1) is 11.5. The topological polar surface area (TPSA) is 61.8 Å². The predicted molar refractivity (Wildman–Crippen MR) is 86.3 cm³/mol. The zero-order valence-electron chi connectivity index (χ0n) is 13.6. The number of hydrogen-bond acceptors (Lipinski definition) is 4. The van der Waals surface area contributed by atoms with Gasteiger partial charge in [-0.05, 0) is 24.6 Å². The monoisotopic (exact) mass is 340 g/mol. The fourth-order valence-corrected chi connectivity index (χ4v) is 2.50. The molecule has 1 aliphatic heterocycles. The van der Waals surface area contributed by atoms with Crippen molar-refractivity contribution in [1.82, 2.24) is 10.2 Å². The van der Waals surface area contributed by atoms with E-state index in [-0.39, 0.29) is 12.1 Å². The van der Waals surface area contributed by atoms with E-state index in [0.29, 0.717) is 25.3 Å². The predicted octanol–water partition coefficient (Wildman–Crippen LogP) is 1.18. The molecule has 24 heavy (non-hydrogen) atoms. The van der Waals surface area contributed by atoms with Crippen molar-refractivity contribution in [3.05, 3.63) is 41.5 Å². The van der Waals surface area contributed by atoms with E-state index in [1.807, 2.05) is 0 Å². The van der Waals surface area contributed by atoms with Crippen molar-refractivity contribution in [2.45, 2.75) is 13.0 Å². The van der Waals surface area contributed by atoms with Gasteiger partial charge in [0.15, 0.2) is 0 Å². The molecule has 0 spiro atoms. The number of carbonyl (C=O) groups excluding carboxylic acids is 1. The number of hydrogen-bond donors (Lipinski definition) is 2. The Bertz CT molecular complexity index is 601. The molecule has 1 fully saturated rings. The lowest BCUT2D eigenvalue weighted by Crippen LogP contribution is -2.44. The molecule has 2 N–H and O–H groups in total. The molecule has 1 heterocycles. The van der Waals surface area contributed by atoms with Crippen LogP contribution in [0, 0.1) is 11.6 Å². The number of ether oxygens (including phenoxy) is 1. The standard InChI is InChI=1S/C17H22F2N2O3/c1-12(15-3-2-13(18)9-16(15)19)8-17(23)20-10-14(22)11-21-4-6-24-7-5-21/h2-3,8-9,14,22H,4-7,10-11H2,1H3,(H,20,23)/b12-8-. The molecule has 0 saturated carbocycles. The van der Waals surface area contributed by atoms with Gasteiger partial charge in [0, 0.05) is 43.9 Å². The number of rotatable bonds is 6. The third-order valence-corrected chi connectivity index (χ3v) is 3.79. The number of nitrogens with one attached hydrogen (secondary N) is 1. The van der Waals surface area contributed by atoms with Crippen LogP contribution in [0.2, 0.25) is 0 Å². The van der Waals surface area contributed by atoms with Crippen molar-refractivity contribution in [1.29, 1.82) is 0 Å². The lowest BCUT2D eigenvalue weighted by Gasteiger charge is -2.28. The summed E-state index contributed by atoms with van der Waals surface area (Å²) >= 11 is 0. The third-order valence-electron chi connectivity index (χ3n) is 3.79. The molecule has 2 rings (SSSR count). The molecule has 0 bridgehead atoms. The van der Waals surface area contributed by atoms with Gasteiger partial charge in [-0.1, -0.05) is 0 Å². The second-order valence-corrected chi connectivity index (χ2v) is 5.76. The van der Waals surface area contributed by atoms with Crippen LogP contribution in [-0.4, -0.2) is 61.4 Å². The molecule has 7 heteroatoms. The molecular weight excluding hydrogens is 318 g/mol. The lowest BCUT2D eigenvalue weighted by atomic mass is 10.1. The van der Waals surface area contributed by atoms with Gasteiger partial charge in [0.2, 0.25) is 5.91 Å². The molecule has 1 aromatic rings. The zero-order valence-corrected chi connectivity index (χ0v) is 13.6. The van der Waals surface area contributed by atoms with Crippen molar-refractivity contribution in [3.8, 4) is 0 Å². The average Bonchev–Trinajstić information content (AvgIpc) is 2.53. The first-order valence-electron chi connectivity index (χ1n) is 7.85. The van der Waals surface area contributed by atoms with Crippen LogP contribution in [0.5, 0.6) is 0 Å². The van der Waals surface area contributed by atoms with E-state index in [1.54, 1.807) is 6.92 Å². The van der Waals surface area contributed by atoms with Crippen LogP contribution in [0.4, 0.5) is 8.78 Å². The molecule has 0 aliphatic carbocycles. The van der Waals surface area contributed by atoms with E-state index >= 15 is 0 Å². The Morgan fingerprint density at radius 1 is 1.42 bits per heavy atom. The van der Waals surface area contributed by atoms with Gasteiger partial charge in [-0.2, -0.15) is 0 Å². The first kappa shape index (κ1) is 18.5. The largest absolute Gasteiger partial charge is 0.390 e. The minimum Gasteiger partial charge on any atom is -0.390 e. The maximum absolute atomic E-state index is 13.7. The highest BCUT2D eigenvalue weighted by atomic mass is 19.1. The highest BCUT2D eigenvalue weighted by molar-refractivity contribution is 5.94. The summed E-state index contributed by atoms with van der Waals surface area (Å²) in [6.07, 6.45) is 0.543. The van der Waals surface area contributed by atoms with E-state index in [0.717, 1.165) is 25.2 Å². The van der Waals surface area contributed by atoms with Crippen molar-refractivity contribution >= 4 is 11.5 Å². The summed E-state index contributed by atoms with van der Waals surface area (Å²) in [5, 5.41) is 12.5. The Kier molecular flexibility index (Phi) is 6.84. The molecular formula is C17H22F2N2O3. The highest BCUT2D eigenvalue weighted by Crippen LogP contribution is 2.18. The van der Waals surface area contributed by atoms with Crippen LogP contribution in [0.15, 0.2) is 24.3 Å². The quantitative estimate of drug-likeness (QED) is 0.764. The van der Waals surface area contributed by atoms with Gasteiger partial charge in [-0.15, -0.1) is 0 Å². The van der Waals surface area contributed by atoms with Crippen molar-refractivity contribution in [2.75, 3.05) is 39.4 Å². The fraction of sp³-hybridized carbons (Fsp3) is 0.471. The number of benzene rings is 1. The molecule has 1 atom stereocenters. The summed E-state index contributed by atoms with van der Waals surface area (Å²) in [5.41, 5.74) is 0.549. The maximum Gasteiger partial charge on any atom is 0.244 e. The molecule has 1 unspecified atom stereocenters. The molecule has 1 saturated heterocycles. The number of β-amino-alcohol motifs (C(OH)–C–C–N with tert-alkyl or cyclic N) is 1. The Morgan fingerprint density at radius 3 is 2.79 bits per heavy atom. The molecule has 1 aromatic carbocycles. The number of morpholine rings is 1. The molecule has 1 amide bonds. The molecule has 5 nitrogen and oxygen atoms in total. The van der Waals surface area contributed by atoms with Crippen LogP contribution >= 0.6 is 0 Å². The Labute approximate surface area is 139 Å². The molecule has 1 aliphatic rings. The van der Waals surface area contributed by atoms with E-state index in [4.69, 9.17) is 4.74 Å². The summed E-state index contributed by atoms with van der Waals surface area (Å²) in [5.74, 6) is -1.82. The number of aliphatic hydroxyl groups is 1. The van der Waals surface area contributed by atoms with E-state index < -0.39 is 23.6 Å². The van der Waals surface area contributed by atoms with Crippen molar-refractivity contribution in [2.24, 2.45) is 0 Å². The Balaban J connectivity index is 1.82. The van der Waals surface area contributed by atoms with Gasteiger partial charge < -0.3 is 15.2 Å². The van der Waals surface area contributed by atoms with E-state index in [2.05, 4.69) is 10.2 Å². The fourth-order valence-electron chi connectivity index (χ4n) is 2.50. The second kappa shape index (κ2) is 8.86. The van der Waals surface area contributed by atoms with E-state index in [9.17, 15) is 18.7 Å². The van der Waals surface area contributed by atoms with Crippen molar-refractivity contribution in [3.63, 3.8) is 0 Å². The van der Waals surface area contributed by atoms with Gasteiger partial charge >= 0.3 is 0 Å². The maximum atomic E-state index is 13.7. The average molecular weight is 340 g/mol. The summed E-state index contributed by atoms with van der Waals surface area (Å²) in [4.78, 5) is 13.9. The smallest absolute Gasteiger partial charge is 0.244 e. The summed E-state index contributed by atoms with van der Waals surface area (Å²) in [7, 11) is 0. The van der Waals surface area contributed by atoms with E-state index in [1.165, 1.54) is 12.1 Å². The molecule has 0 aromatic heterocycles. The van der Waals surface area contributed by atoms with Gasteiger partial charge in [-0.3, -0.25) is 9.69 Å². The number of halogens is 2. The van der Waals surface area contributed by atoms with Gasteiger partial charge in [0.1, 0.15) is 11.6 Å². The lowest BCUT2D eigenvalue weighted by molar-refractivity contribution is -0.117. The number of aliphatic hydroxyl groups excluding tert-OH is 1. The van der Waals surface area contributed by atoms with Crippen molar-refractivity contribution < 1.29 is 23.4 Å². The van der Waals surface area contributed by atoms with Crippen LogP contribution in [0.25, 0.3) is 5.57 Å². The van der Waals surface area contributed by atoms with Gasteiger partial charge in [0.05, 0.1) is 19.3 Å². The Morgan fingerprint density at radius 2 is 2.12 bits per heavy atom. The third kappa shape index (κ3) is 5.67. The van der Waals surface area contributed by atoms with Crippen LogP contribution in [0.1, 0.15) is 12.5 Å². The Hall–Kier alpha value is -1.83. The summed E-state index contributed by atoms with van der Waals surface area (Å²) in [6, 6.07) is 3.20. The molecule has 132 valence electrons. The first-order valence-corrected chi connectivity index (χ1v) is 7.85. The normalized spacial score (nSPS) is 17.6. The summed E-state index contributed by atoms with van der Waals surface area (Å²) in [6.45, 7) is 4.93. The number of carbonyl (C=O) groups is 1. The van der Waals surface area contributed by atoms with Gasteiger partial charge in [0.25, 0.3) is 0 Å². The zero-order chi connectivity index (χ0) is 17.5. The van der Waals surface area contributed by atoms with Crippen LogP contribution in [0.3, 0.4) is 0 Å². The van der Waals surface area contributed by atoms with Gasteiger partial charge in [-0.25, -0.2) is 8.78 Å². The minimum absolute atomic E-state index is 0.103. The number of allylic oxidation sites excluding steroid dienone is 1. The second-order valence-electron chi connectivity index (χ2n) is 5.76. The molecule has 0 radical (unpaired) electrons. The summed E-state index contributed by atoms with van der Waals surface area (Å²) < 4.78 is 31.8. The number of nitrogens with zero attached hydrogens (tertiary/aromatic N) is 1. The number of amides is 1.